The van der Waals surface area contributed by atoms with Gasteiger partial charge >= 0.3 is 0 Å². The van der Waals surface area contributed by atoms with E-state index >= 15 is 0 Å². The fourth-order valence-corrected chi connectivity index (χ4v) is 4.56. The zero-order valence-electron chi connectivity index (χ0n) is 14.1. The molecule has 2 aromatic rings. The van der Waals surface area contributed by atoms with Crippen LogP contribution in [0.15, 0.2) is 47.6 Å². The fraction of sp³-hybridized carbons (Fsp3) is 0.294. The second-order valence-corrected chi connectivity index (χ2v) is 7.84. The van der Waals surface area contributed by atoms with E-state index in [1.54, 1.807) is 18.5 Å². The van der Waals surface area contributed by atoms with Crippen LogP contribution in [0, 0.1) is 5.82 Å². The van der Waals surface area contributed by atoms with Crippen LogP contribution in [0.5, 0.6) is 0 Å². The van der Waals surface area contributed by atoms with Gasteiger partial charge in [-0.05, 0) is 29.8 Å². The van der Waals surface area contributed by atoms with Crippen molar-refractivity contribution < 1.29 is 17.6 Å². The number of hydrogen-bond donors (Lipinski definition) is 2. The molecule has 138 valence electrons. The minimum Gasteiger partial charge on any atom is -0.324 e. The van der Waals surface area contributed by atoms with E-state index in [1.807, 2.05) is 6.07 Å². The number of hydrogen-bond acceptors (Lipinski definition) is 5. The second kappa shape index (κ2) is 7.48. The third-order valence-electron chi connectivity index (χ3n) is 4.12. The lowest BCUT2D eigenvalue weighted by molar-refractivity contribution is -0.114. The molecule has 0 aliphatic carbocycles. The molecule has 1 aromatic heterocycles. The zero-order chi connectivity index (χ0) is 18.7. The molecule has 3 rings (SSSR count). The predicted molar refractivity (Wildman–Crippen MR) is 94.4 cm³/mol. The molecule has 1 saturated heterocycles. The largest absolute Gasteiger partial charge is 0.324 e. The van der Waals surface area contributed by atoms with Crippen molar-refractivity contribution in [3.63, 3.8) is 0 Å². The third kappa shape index (κ3) is 3.74. The quantitative estimate of drug-likeness (QED) is 0.842. The molecule has 1 aromatic carbocycles. The van der Waals surface area contributed by atoms with Gasteiger partial charge in [0.15, 0.2) is 0 Å². The van der Waals surface area contributed by atoms with Gasteiger partial charge in [0.05, 0.1) is 16.6 Å². The molecule has 26 heavy (non-hydrogen) atoms. The number of carbonyl (C=O) groups excluding carboxylic acids is 1. The van der Waals surface area contributed by atoms with Crippen molar-refractivity contribution in [2.45, 2.75) is 17.9 Å². The molecule has 1 aliphatic heterocycles. The smallest absolute Gasteiger partial charge is 0.243 e. The summed E-state index contributed by atoms with van der Waals surface area (Å²) >= 11 is 0. The second-order valence-electron chi connectivity index (χ2n) is 5.94. The van der Waals surface area contributed by atoms with E-state index in [2.05, 4.69) is 15.6 Å². The lowest BCUT2D eigenvalue weighted by Crippen LogP contribution is -2.48. The molecule has 1 unspecified atom stereocenters. The molecule has 1 atom stereocenters. The molecular formula is C17H19FN4O3S. The number of carbonyl (C=O) groups is 1. The SMILES string of the molecule is CC(=O)Nc1cc(S(=O)(=O)N2CCNCC2c2cccnc2)ccc1F. The van der Waals surface area contributed by atoms with E-state index in [1.165, 1.54) is 17.3 Å². The van der Waals surface area contributed by atoms with Gasteiger partial charge in [-0.1, -0.05) is 6.07 Å². The van der Waals surface area contributed by atoms with Crippen LogP contribution < -0.4 is 10.6 Å². The number of piperazine rings is 1. The van der Waals surface area contributed by atoms with Crippen LogP contribution in [-0.4, -0.2) is 43.2 Å². The molecule has 9 heteroatoms. The fourth-order valence-electron chi connectivity index (χ4n) is 2.92. The number of benzene rings is 1. The van der Waals surface area contributed by atoms with Crippen molar-refractivity contribution in [3.8, 4) is 0 Å². The van der Waals surface area contributed by atoms with Crippen LogP contribution in [-0.2, 0) is 14.8 Å². The molecule has 7 nitrogen and oxygen atoms in total. The van der Waals surface area contributed by atoms with Crippen molar-refractivity contribution in [3.05, 3.63) is 54.1 Å². The first-order valence-electron chi connectivity index (χ1n) is 8.09. The Hall–Kier alpha value is -2.36. The summed E-state index contributed by atoms with van der Waals surface area (Å²) in [5.74, 6) is -1.17. The number of rotatable bonds is 4. The maximum Gasteiger partial charge on any atom is 0.243 e. The van der Waals surface area contributed by atoms with Crippen LogP contribution in [0.2, 0.25) is 0 Å². The Morgan fingerprint density at radius 3 is 2.88 bits per heavy atom. The molecule has 2 heterocycles. The first-order valence-corrected chi connectivity index (χ1v) is 9.53. The summed E-state index contributed by atoms with van der Waals surface area (Å²) < 4.78 is 41.6. The van der Waals surface area contributed by atoms with E-state index in [0.717, 1.165) is 17.7 Å². The molecule has 2 N–H and O–H groups in total. The molecular weight excluding hydrogens is 359 g/mol. The van der Waals surface area contributed by atoms with Gasteiger partial charge in [-0.15, -0.1) is 0 Å². The summed E-state index contributed by atoms with van der Waals surface area (Å²) in [4.78, 5) is 15.2. The number of halogens is 1. The minimum atomic E-state index is -3.89. The van der Waals surface area contributed by atoms with Crippen LogP contribution >= 0.6 is 0 Å². The van der Waals surface area contributed by atoms with E-state index in [9.17, 15) is 17.6 Å². The molecule has 0 spiro atoms. The van der Waals surface area contributed by atoms with Crippen molar-refractivity contribution in [2.75, 3.05) is 25.0 Å². The summed E-state index contributed by atoms with van der Waals surface area (Å²) in [5, 5.41) is 5.49. The summed E-state index contributed by atoms with van der Waals surface area (Å²) in [6, 6.07) is 6.55. The Bertz CT molecular complexity index is 905. The maximum atomic E-state index is 13.9. The number of pyridine rings is 1. The topological polar surface area (TPSA) is 91.4 Å². The highest BCUT2D eigenvalue weighted by Gasteiger charge is 2.34. The van der Waals surface area contributed by atoms with Crippen LogP contribution in [0.3, 0.4) is 0 Å². The Morgan fingerprint density at radius 1 is 1.38 bits per heavy atom. The molecule has 0 bridgehead atoms. The molecule has 1 aliphatic rings. The summed E-state index contributed by atoms with van der Waals surface area (Å²) in [6.45, 7) is 2.46. The van der Waals surface area contributed by atoms with Gasteiger partial charge in [0.25, 0.3) is 0 Å². The number of sulfonamides is 1. The van der Waals surface area contributed by atoms with Gasteiger partial charge < -0.3 is 10.6 Å². The van der Waals surface area contributed by atoms with Gasteiger partial charge in [0.1, 0.15) is 5.82 Å². The average molecular weight is 378 g/mol. The van der Waals surface area contributed by atoms with Crippen molar-refractivity contribution in [1.82, 2.24) is 14.6 Å². The molecule has 1 fully saturated rings. The normalized spacial score (nSPS) is 18.5. The summed E-state index contributed by atoms with van der Waals surface area (Å²) in [7, 11) is -3.89. The Balaban J connectivity index is 1.99. The standard InChI is InChI=1S/C17H19FN4O3S/c1-12(23)21-16-9-14(4-5-15(16)18)26(24,25)22-8-7-20-11-17(22)13-3-2-6-19-10-13/h2-6,9-10,17,20H,7-8,11H2,1H3,(H,21,23). The number of anilines is 1. The number of nitrogens with one attached hydrogen (secondary N) is 2. The number of amides is 1. The molecule has 0 saturated carbocycles. The Labute approximate surface area is 151 Å². The first-order chi connectivity index (χ1) is 12.4. The van der Waals surface area contributed by atoms with E-state index in [4.69, 9.17) is 0 Å². The number of nitrogens with zero attached hydrogens (tertiary/aromatic N) is 2. The van der Waals surface area contributed by atoms with Crippen LogP contribution in [0.4, 0.5) is 10.1 Å². The Morgan fingerprint density at radius 2 is 2.19 bits per heavy atom. The van der Waals surface area contributed by atoms with Crippen molar-refractivity contribution >= 4 is 21.6 Å². The summed E-state index contributed by atoms with van der Waals surface area (Å²) in [6.07, 6.45) is 3.26. The highest BCUT2D eigenvalue weighted by atomic mass is 32.2. The van der Waals surface area contributed by atoms with Gasteiger partial charge in [-0.25, -0.2) is 12.8 Å². The molecule has 1 amide bonds. The maximum absolute atomic E-state index is 13.9. The van der Waals surface area contributed by atoms with E-state index in [-0.39, 0.29) is 17.1 Å². The van der Waals surface area contributed by atoms with Gasteiger partial charge in [0, 0.05) is 39.0 Å². The lowest BCUT2D eigenvalue weighted by atomic mass is 10.1. The summed E-state index contributed by atoms with van der Waals surface area (Å²) in [5.41, 5.74) is 0.610. The van der Waals surface area contributed by atoms with Crippen molar-refractivity contribution in [2.24, 2.45) is 0 Å². The molecule has 0 radical (unpaired) electrons. The monoisotopic (exact) mass is 378 g/mol. The highest BCUT2D eigenvalue weighted by molar-refractivity contribution is 7.89. The predicted octanol–water partition coefficient (Wildman–Crippen LogP) is 1.51. The minimum absolute atomic E-state index is 0.0709. The zero-order valence-corrected chi connectivity index (χ0v) is 15.0. The van der Waals surface area contributed by atoms with Crippen molar-refractivity contribution in [1.29, 1.82) is 0 Å². The Kier molecular flexibility index (Phi) is 5.30. The van der Waals surface area contributed by atoms with E-state index in [0.29, 0.717) is 13.1 Å². The third-order valence-corrected chi connectivity index (χ3v) is 6.02. The lowest BCUT2D eigenvalue weighted by Gasteiger charge is -2.35. The van der Waals surface area contributed by atoms with E-state index < -0.39 is 27.8 Å². The van der Waals surface area contributed by atoms with Gasteiger partial charge in [0.2, 0.25) is 15.9 Å². The highest BCUT2D eigenvalue weighted by Crippen LogP contribution is 2.30. The van der Waals surface area contributed by atoms with Gasteiger partial charge in [-0.3, -0.25) is 9.78 Å². The number of aromatic nitrogens is 1. The van der Waals surface area contributed by atoms with Crippen LogP contribution in [0.1, 0.15) is 18.5 Å². The van der Waals surface area contributed by atoms with Gasteiger partial charge in [-0.2, -0.15) is 4.31 Å². The van der Waals surface area contributed by atoms with Crippen LogP contribution in [0.25, 0.3) is 0 Å². The average Bonchev–Trinajstić information content (AvgIpc) is 2.64. The first kappa shape index (κ1) is 18.4.